The maximum absolute atomic E-state index is 13.4. The second-order valence-electron chi connectivity index (χ2n) is 5.87. The topological polar surface area (TPSA) is 90.0 Å². The summed E-state index contributed by atoms with van der Waals surface area (Å²) in [6.07, 6.45) is -1.95. The maximum Gasteiger partial charge on any atom is 0.435 e. The van der Waals surface area contributed by atoms with Gasteiger partial charge in [-0.15, -0.1) is 15.3 Å². The lowest BCUT2D eigenvalue weighted by Crippen LogP contribution is -2.22. The molecule has 1 aliphatic carbocycles. The number of amides is 1. The van der Waals surface area contributed by atoms with Crippen molar-refractivity contribution < 1.29 is 18.0 Å². The lowest BCUT2D eigenvalue weighted by atomic mass is 10.3. The second kappa shape index (κ2) is 5.26. The van der Waals surface area contributed by atoms with Crippen LogP contribution in [0.25, 0.3) is 5.65 Å². The van der Waals surface area contributed by atoms with Gasteiger partial charge in [-0.3, -0.25) is 14.5 Å². The van der Waals surface area contributed by atoms with E-state index in [1.165, 1.54) is 4.40 Å². The van der Waals surface area contributed by atoms with Crippen LogP contribution in [-0.4, -0.2) is 35.5 Å². The molecular formula is C14H12F3N7O. The summed E-state index contributed by atoms with van der Waals surface area (Å²) in [5, 5.41) is 16.9. The molecular weight excluding hydrogens is 339 g/mol. The quantitative estimate of drug-likeness (QED) is 0.782. The molecule has 8 nitrogen and oxygen atoms in total. The van der Waals surface area contributed by atoms with Crippen molar-refractivity contribution in [3.05, 3.63) is 35.3 Å². The fraction of sp³-hybridized carbons (Fsp3) is 0.357. The van der Waals surface area contributed by atoms with Gasteiger partial charge in [-0.1, -0.05) is 5.21 Å². The van der Waals surface area contributed by atoms with E-state index in [4.69, 9.17) is 0 Å². The number of carbonyl (C=O) groups excluding carboxylic acids is 1. The van der Waals surface area contributed by atoms with Crippen molar-refractivity contribution in [1.29, 1.82) is 0 Å². The third-order valence-corrected chi connectivity index (χ3v) is 3.86. The average molecular weight is 351 g/mol. The molecule has 3 aromatic heterocycles. The van der Waals surface area contributed by atoms with Gasteiger partial charge in [0.25, 0.3) is 5.91 Å². The first kappa shape index (κ1) is 15.5. The smallest absolute Gasteiger partial charge is 0.289 e. The van der Waals surface area contributed by atoms with Crippen molar-refractivity contribution in [3.8, 4) is 0 Å². The molecule has 0 unspecified atom stereocenters. The van der Waals surface area contributed by atoms with Crippen molar-refractivity contribution in [2.45, 2.75) is 32.0 Å². The summed E-state index contributed by atoms with van der Waals surface area (Å²) in [6.45, 7) is 1.86. The van der Waals surface area contributed by atoms with E-state index >= 15 is 0 Å². The van der Waals surface area contributed by atoms with E-state index in [0.29, 0.717) is 18.5 Å². The van der Waals surface area contributed by atoms with Crippen molar-refractivity contribution >= 4 is 17.5 Å². The summed E-state index contributed by atoms with van der Waals surface area (Å²) in [4.78, 5) is 12.3. The van der Waals surface area contributed by atoms with Gasteiger partial charge in [0, 0.05) is 6.20 Å². The molecule has 1 aliphatic rings. The third kappa shape index (κ3) is 2.71. The number of fused-ring (bicyclic) bond motifs is 1. The predicted octanol–water partition coefficient (Wildman–Crippen LogP) is 2.24. The Bertz CT molecular complexity index is 971. The van der Waals surface area contributed by atoms with Crippen LogP contribution < -0.4 is 5.32 Å². The number of anilines is 1. The van der Waals surface area contributed by atoms with E-state index in [1.807, 2.05) is 6.92 Å². The highest BCUT2D eigenvalue weighted by molar-refractivity contribution is 6.02. The van der Waals surface area contributed by atoms with Crippen LogP contribution in [0.1, 0.15) is 40.6 Å². The normalized spacial score (nSPS) is 14.9. The monoisotopic (exact) mass is 351 g/mol. The summed E-state index contributed by atoms with van der Waals surface area (Å²) in [5.41, 5.74) is -0.516. The minimum atomic E-state index is -4.73. The zero-order valence-corrected chi connectivity index (χ0v) is 12.9. The molecule has 0 spiro atoms. The summed E-state index contributed by atoms with van der Waals surface area (Å²) in [6, 6.07) is 3.13. The molecule has 0 aliphatic heterocycles. The van der Waals surface area contributed by atoms with Crippen LogP contribution in [-0.2, 0) is 6.18 Å². The molecule has 25 heavy (non-hydrogen) atoms. The van der Waals surface area contributed by atoms with Gasteiger partial charge < -0.3 is 0 Å². The molecule has 1 amide bonds. The number of pyridine rings is 1. The first-order valence-electron chi connectivity index (χ1n) is 7.49. The van der Waals surface area contributed by atoms with Crippen LogP contribution in [0, 0.1) is 6.92 Å². The molecule has 4 rings (SSSR count). The highest BCUT2D eigenvalue weighted by Crippen LogP contribution is 2.40. The van der Waals surface area contributed by atoms with E-state index in [1.54, 1.807) is 18.3 Å². The molecule has 130 valence electrons. The van der Waals surface area contributed by atoms with Crippen molar-refractivity contribution in [3.63, 3.8) is 0 Å². The number of hydrogen-bond acceptors (Lipinski definition) is 5. The van der Waals surface area contributed by atoms with Crippen LogP contribution in [0.2, 0.25) is 0 Å². The molecule has 11 heteroatoms. The van der Waals surface area contributed by atoms with Crippen LogP contribution in [0.15, 0.2) is 18.3 Å². The van der Waals surface area contributed by atoms with Gasteiger partial charge in [0.2, 0.25) is 5.95 Å². The molecule has 0 aromatic carbocycles. The number of alkyl halides is 3. The lowest BCUT2D eigenvalue weighted by molar-refractivity contribution is -0.144. The van der Waals surface area contributed by atoms with Crippen LogP contribution >= 0.6 is 0 Å². The number of nitrogens with one attached hydrogen (secondary N) is 1. The number of carbonyl (C=O) groups is 1. The molecule has 0 atom stereocenters. The zero-order chi connectivity index (χ0) is 17.8. The van der Waals surface area contributed by atoms with Crippen LogP contribution in [0.5, 0.6) is 0 Å². The van der Waals surface area contributed by atoms with Gasteiger partial charge >= 0.3 is 6.18 Å². The highest BCUT2D eigenvalue weighted by Gasteiger charge is 2.44. The van der Waals surface area contributed by atoms with Crippen LogP contribution in [0.3, 0.4) is 0 Å². The Morgan fingerprint density at radius 2 is 2.04 bits per heavy atom. The number of nitrogens with zero attached hydrogens (tertiary/aromatic N) is 6. The fourth-order valence-corrected chi connectivity index (χ4v) is 2.52. The Morgan fingerprint density at radius 3 is 2.72 bits per heavy atom. The number of halogens is 3. The van der Waals surface area contributed by atoms with Gasteiger partial charge in [0.15, 0.2) is 17.0 Å². The molecule has 1 fully saturated rings. The number of aryl methyl sites for hydroxylation is 1. The van der Waals surface area contributed by atoms with Gasteiger partial charge in [-0.2, -0.15) is 13.2 Å². The third-order valence-electron chi connectivity index (χ3n) is 3.86. The second-order valence-corrected chi connectivity index (χ2v) is 5.87. The van der Waals surface area contributed by atoms with E-state index in [2.05, 4.69) is 25.8 Å². The minimum absolute atomic E-state index is 0.00842. The van der Waals surface area contributed by atoms with Crippen molar-refractivity contribution in [2.24, 2.45) is 0 Å². The van der Waals surface area contributed by atoms with Gasteiger partial charge in [-0.25, -0.2) is 4.68 Å². The molecule has 3 heterocycles. The summed E-state index contributed by atoms with van der Waals surface area (Å²) >= 11 is 0. The maximum atomic E-state index is 13.4. The van der Waals surface area contributed by atoms with Gasteiger partial charge in [0.1, 0.15) is 0 Å². The molecule has 3 aromatic rings. The Kier molecular flexibility index (Phi) is 3.27. The first-order chi connectivity index (χ1) is 11.8. The van der Waals surface area contributed by atoms with Gasteiger partial charge in [0.05, 0.1) is 6.04 Å². The first-order valence-corrected chi connectivity index (χ1v) is 7.49. The zero-order valence-electron chi connectivity index (χ0n) is 12.9. The van der Waals surface area contributed by atoms with Gasteiger partial charge in [-0.05, 0) is 37.5 Å². The van der Waals surface area contributed by atoms with Crippen molar-refractivity contribution in [1.82, 2.24) is 29.6 Å². The van der Waals surface area contributed by atoms with E-state index in [9.17, 15) is 18.0 Å². The highest BCUT2D eigenvalue weighted by atomic mass is 19.4. The molecule has 1 N–H and O–H groups in total. The lowest BCUT2D eigenvalue weighted by Gasteiger charge is -2.10. The molecule has 0 bridgehead atoms. The SMILES string of the molecule is Cc1ccn2c(NC(=O)c3nnn(C4CC4)c3C(F)(F)F)nnc2c1. The molecule has 1 saturated carbocycles. The minimum Gasteiger partial charge on any atom is -0.289 e. The van der Waals surface area contributed by atoms with E-state index < -0.39 is 23.5 Å². The number of aromatic nitrogens is 6. The Labute approximate surface area is 138 Å². The predicted molar refractivity (Wildman–Crippen MR) is 79.0 cm³/mol. The van der Waals surface area contributed by atoms with E-state index in [0.717, 1.165) is 10.2 Å². The summed E-state index contributed by atoms with van der Waals surface area (Å²) in [7, 11) is 0. The summed E-state index contributed by atoms with van der Waals surface area (Å²) in [5.74, 6) is -1.02. The average Bonchev–Trinajstić information content (AvgIpc) is 3.15. The van der Waals surface area contributed by atoms with E-state index in [-0.39, 0.29) is 12.0 Å². The molecule has 0 saturated heterocycles. The largest absolute Gasteiger partial charge is 0.435 e. The van der Waals surface area contributed by atoms with Crippen LogP contribution in [0.4, 0.5) is 19.1 Å². The molecule has 0 radical (unpaired) electrons. The fourth-order valence-electron chi connectivity index (χ4n) is 2.52. The Morgan fingerprint density at radius 1 is 1.28 bits per heavy atom. The number of hydrogen-bond donors (Lipinski definition) is 1. The van der Waals surface area contributed by atoms with Crippen molar-refractivity contribution in [2.75, 3.05) is 5.32 Å². The Hall–Kier alpha value is -2.98. The number of rotatable bonds is 3. The summed E-state index contributed by atoms with van der Waals surface area (Å²) < 4.78 is 42.3. The standard InChI is InChI=1S/C14H12F3N7O/c1-7-4-5-23-9(6-7)19-21-13(23)18-12(25)10-11(14(15,16)17)24(22-20-10)8-2-3-8/h4-6,8H,2-3H2,1H3,(H,18,21,25). The Balaban J connectivity index is 1.69.